The minimum Gasteiger partial charge on any atom is -0.482 e. The molecule has 0 spiro atoms. The van der Waals surface area contributed by atoms with Crippen molar-refractivity contribution in [2.24, 2.45) is 5.10 Å². The number of carbonyl (C=O) groups excluding carboxylic acids is 2. The number of anilines is 1. The van der Waals surface area contributed by atoms with Gasteiger partial charge in [0.25, 0.3) is 5.91 Å². The van der Waals surface area contributed by atoms with Crippen molar-refractivity contribution in [3.05, 3.63) is 46.2 Å². The summed E-state index contributed by atoms with van der Waals surface area (Å²) < 4.78 is 5.31. The Hall–Kier alpha value is -2.67. The second-order valence-electron chi connectivity index (χ2n) is 5.04. The minimum absolute atomic E-state index is 0.0260. The second kappa shape index (κ2) is 6.62. The molecule has 2 heterocycles. The normalized spacial score (nSPS) is 13.8. The molecule has 1 aromatic carbocycles. The van der Waals surface area contributed by atoms with E-state index in [1.807, 2.05) is 23.6 Å². The highest BCUT2D eigenvalue weighted by Crippen LogP contribution is 2.28. The van der Waals surface area contributed by atoms with E-state index in [4.69, 9.17) is 4.74 Å². The maximum Gasteiger partial charge on any atom is 0.262 e. The quantitative estimate of drug-likeness (QED) is 0.666. The summed E-state index contributed by atoms with van der Waals surface area (Å²) in [5, 5.41) is 8.79. The Balaban J connectivity index is 1.67. The first kappa shape index (κ1) is 15.2. The number of hydrogen-bond acceptors (Lipinski definition) is 5. The number of hydrogen-bond donors (Lipinski definition) is 2. The first-order valence-corrected chi connectivity index (χ1v) is 7.92. The van der Waals surface area contributed by atoms with E-state index in [2.05, 4.69) is 15.8 Å². The Morgan fingerprint density at radius 3 is 3.09 bits per heavy atom. The van der Waals surface area contributed by atoms with Gasteiger partial charge in [-0.3, -0.25) is 9.59 Å². The number of nitrogens with zero attached hydrogens (tertiary/aromatic N) is 1. The van der Waals surface area contributed by atoms with Gasteiger partial charge in [-0.05, 0) is 42.1 Å². The predicted octanol–water partition coefficient (Wildman–Crippen LogP) is 2.16. The molecule has 0 atom stereocenters. The molecule has 1 aromatic heterocycles. The van der Waals surface area contributed by atoms with Crippen molar-refractivity contribution in [1.82, 2.24) is 5.43 Å². The van der Waals surface area contributed by atoms with E-state index in [1.165, 1.54) is 11.3 Å². The molecule has 2 amide bonds. The summed E-state index contributed by atoms with van der Waals surface area (Å²) in [6.45, 7) is 1.82. The van der Waals surface area contributed by atoms with Crippen LogP contribution < -0.4 is 15.5 Å². The van der Waals surface area contributed by atoms with Crippen molar-refractivity contribution in [3.8, 4) is 5.75 Å². The van der Waals surface area contributed by atoms with Gasteiger partial charge in [0, 0.05) is 4.88 Å². The summed E-state index contributed by atoms with van der Waals surface area (Å²) in [5.74, 6) is 0.276. The van der Waals surface area contributed by atoms with Gasteiger partial charge in [0.15, 0.2) is 6.61 Å². The maximum absolute atomic E-state index is 11.8. The van der Waals surface area contributed by atoms with Gasteiger partial charge in [-0.1, -0.05) is 6.07 Å². The van der Waals surface area contributed by atoms with Gasteiger partial charge in [0.05, 0.1) is 17.8 Å². The van der Waals surface area contributed by atoms with Crippen LogP contribution >= 0.6 is 11.3 Å². The second-order valence-corrected chi connectivity index (χ2v) is 6.07. The van der Waals surface area contributed by atoms with E-state index in [9.17, 15) is 9.59 Å². The zero-order valence-electron chi connectivity index (χ0n) is 12.5. The molecule has 3 rings (SSSR count). The zero-order valence-corrected chi connectivity index (χ0v) is 13.3. The number of rotatable bonds is 4. The predicted molar refractivity (Wildman–Crippen MR) is 88.9 cm³/mol. The fourth-order valence-corrected chi connectivity index (χ4v) is 2.83. The number of thiophene rings is 1. The highest BCUT2D eigenvalue weighted by molar-refractivity contribution is 7.10. The lowest BCUT2D eigenvalue weighted by Gasteiger charge is -2.18. The average Bonchev–Trinajstić information content (AvgIpc) is 3.04. The average molecular weight is 329 g/mol. The molecule has 1 aliphatic heterocycles. The van der Waals surface area contributed by atoms with E-state index in [-0.39, 0.29) is 18.4 Å². The molecular weight excluding hydrogens is 314 g/mol. The van der Waals surface area contributed by atoms with Gasteiger partial charge in [0.2, 0.25) is 5.91 Å². The highest BCUT2D eigenvalue weighted by atomic mass is 32.1. The monoisotopic (exact) mass is 329 g/mol. The summed E-state index contributed by atoms with van der Waals surface area (Å²) in [4.78, 5) is 24.2. The SMILES string of the molecule is C/C(=N/NC(=O)Cc1cccs1)c1ccc2c(c1)NC(=O)CO2. The molecule has 2 aromatic rings. The summed E-state index contributed by atoms with van der Waals surface area (Å²) >= 11 is 1.53. The molecule has 0 radical (unpaired) electrons. The number of fused-ring (bicyclic) bond motifs is 1. The van der Waals surface area contributed by atoms with Gasteiger partial charge in [0.1, 0.15) is 5.75 Å². The number of amides is 2. The lowest BCUT2D eigenvalue weighted by atomic mass is 10.1. The Morgan fingerprint density at radius 1 is 1.43 bits per heavy atom. The van der Waals surface area contributed by atoms with Crippen LogP contribution in [-0.2, 0) is 16.0 Å². The Bertz CT molecular complexity index is 769. The fraction of sp³-hybridized carbons (Fsp3) is 0.188. The van der Waals surface area contributed by atoms with Gasteiger partial charge >= 0.3 is 0 Å². The molecule has 6 nitrogen and oxygen atoms in total. The molecule has 7 heteroatoms. The number of hydrazone groups is 1. The van der Waals surface area contributed by atoms with Crippen LogP contribution in [0.4, 0.5) is 5.69 Å². The van der Waals surface area contributed by atoms with Gasteiger partial charge < -0.3 is 10.1 Å². The van der Waals surface area contributed by atoms with E-state index >= 15 is 0 Å². The van der Waals surface area contributed by atoms with Crippen LogP contribution in [0.5, 0.6) is 5.75 Å². The summed E-state index contributed by atoms with van der Waals surface area (Å²) in [6.07, 6.45) is 0.308. The van der Waals surface area contributed by atoms with Crippen LogP contribution in [0.1, 0.15) is 17.4 Å². The number of nitrogens with one attached hydrogen (secondary N) is 2. The Morgan fingerprint density at radius 2 is 2.30 bits per heavy atom. The number of benzene rings is 1. The van der Waals surface area contributed by atoms with Gasteiger partial charge in [-0.15, -0.1) is 11.3 Å². The summed E-state index contributed by atoms with van der Waals surface area (Å²) in [7, 11) is 0. The van der Waals surface area contributed by atoms with Crippen molar-refractivity contribution >= 4 is 34.6 Å². The lowest BCUT2D eigenvalue weighted by Crippen LogP contribution is -2.25. The molecule has 118 valence electrons. The molecule has 1 aliphatic rings. The standard InChI is InChI=1S/C16H15N3O3S/c1-10(18-19-15(20)8-12-3-2-6-23-12)11-4-5-14-13(7-11)17-16(21)9-22-14/h2-7H,8-9H2,1H3,(H,17,21)(H,19,20)/b18-10-. The molecular formula is C16H15N3O3S. The fourth-order valence-electron chi connectivity index (χ4n) is 2.13. The van der Waals surface area contributed by atoms with E-state index < -0.39 is 0 Å². The molecule has 0 saturated heterocycles. The van der Waals surface area contributed by atoms with Crippen LogP contribution in [0.25, 0.3) is 0 Å². The highest BCUT2D eigenvalue weighted by Gasteiger charge is 2.16. The van der Waals surface area contributed by atoms with E-state index in [1.54, 1.807) is 19.1 Å². The first-order valence-electron chi connectivity index (χ1n) is 7.04. The molecule has 0 unspecified atom stereocenters. The van der Waals surface area contributed by atoms with Crippen LogP contribution in [0, 0.1) is 0 Å². The molecule has 0 bridgehead atoms. The zero-order chi connectivity index (χ0) is 16.2. The summed E-state index contributed by atoms with van der Waals surface area (Å²) in [6, 6.07) is 9.20. The number of ether oxygens (including phenoxy) is 1. The molecule has 23 heavy (non-hydrogen) atoms. The Labute approximate surface area is 137 Å². The van der Waals surface area contributed by atoms with Crippen LogP contribution in [0.15, 0.2) is 40.8 Å². The van der Waals surface area contributed by atoms with Crippen molar-refractivity contribution in [2.75, 3.05) is 11.9 Å². The Kier molecular flexibility index (Phi) is 4.38. The van der Waals surface area contributed by atoms with Crippen molar-refractivity contribution < 1.29 is 14.3 Å². The van der Waals surface area contributed by atoms with Crippen molar-refractivity contribution in [3.63, 3.8) is 0 Å². The summed E-state index contributed by atoms with van der Waals surface area (Å²) in [5.41, 5.74) is 4.60. The smallest absolute Gasteiger partial charge is 0.262 e. The topological polar surface area (TPSA) is 79.8 Å². The molecule has 0 aliphatic carbocycles. The first-order chi connectivity index (χ1) is 11.1. The van der Waals surface area contributed by atoms with Crippen LogP contribution in [0.3, 0.4) is 0 Å². The molecule has 2 N–H and O–H groups in total. The van der Waals surface area contributed by atoms with E-state index in [0.29, 0.717) is 23.6 Å². The maximum atomic E-state index is 11.8. The third-order valence-corrected chi connectivity index (χ3v) is 4.17. The third kappa shape index (κ3) is 3.75. The lowest BCUT2D eigenvalue weighted by molar-refractivity contribution is -0.120. The van der Waals surface area contributed by atoms with Gasteiger partial charge in [-0.25, -0.2) is 5.43 Å². The van der Waals surface area contributed by atoms with Crippen LogP contribution in [-0.4, -0.2) is 24.1 Å². The number of carbonyl (C=O) groups is 2. The third-order valence-electron chi connectivity index (χ3n) is 3.29. The molecule has 0 fully saturated rings. The molecule has 0 saturated carbocycles. The van der Waals surface area contributed by atoms with E-state index in [0.717, 1.165) is 10.4 Å². The van der Waals surface area contributed by atoms with Gasteiger partial charge in [-0.2, -0.15) is 5.10 Å². The van der Waals surface area contributed by atoms with Crippen LogP contribution in [0.2, 0.25) is 0 Å². The van der Waals surface area contributed by atoms with Crippen molar-refractivity contribution in [2.45, 2.75) is 13.3 Å². The minimum atomic E-state index is -0.187. The largest absolute Gasteiger partial charge is 0.482 e. The van der Waals surface area contributed by atoms with Crippen molar-refractivity contribution in [1.29, 1.82) is 0 Å².